The number of aliphatic hydroxyl groups is 1. The lowest BCUT2D eigenvalue weighted by atomic mass is 10.2. The number of carbonyl (C=O) groups is 1. The first-order valence-corrected chi connectivity index (χ1v) is 3.08. The zero-order valence-electron chi connectivity index (χ0n) is 5.12. The molecule has 1 N–H and O–H groups in total. The van der Waals surface area contributed by atoms with E-state index in [1.807, 2.05) is 0 Å². The van der Waals surface area contributed by atoms with Gasteiger partial charge in [0.2, 0.25) is 0 Å². The number of aliphatic hydroxyl groups excluding tert-OH is 1. The molecule has 1 unspecified atom stereocenters. The van der Waals surface area contributed by atoms with Gasteiger partial charge in [0.25, 0.3) is 0 Å². The second kappa shape index (κ2) is 2.94. The van der Waals surface area contributed by atoms with Crippen LogP contribution in [-0.4, -0.2) is 30.2 Å². The fraction of sp³-hybridized carbons (Fsp3) is 0.833. The van der Waals surface area contributed by atoms with Gasteiger partial charge in [0, 0.05) is 0 Å². The average molecular weight is 130 g/mol. The van der Waals surface area contributed by atoms with Crippen molar-refractivity contribution in [2.24, 2.45) is 0 Å². The molecule has 1 saturated heterocycles. The molecule has 2 atom stereocenters. The number of aldehydes is 1. The standard InChI is InChI=1S/C6H10O3/c7-3-5-1-2-6(4-8)9-5/h3,5-6,8H,1-2,4H2/t5-,6?/m1/s1. The fourth-order valence-corrected chi connectivity index (χ4v) is 0.968. The van der Waals surface area contributed by atoms with E-state index >= 15 is 0 Å². The van der Waals surface area contributed by atoms with Crippen molar-refractivity contribution < 1.29 is 14.6 Å². The molecule has 0 aromatic carbocycles. The first-order valence-electron chi connectivity index (χ1n) is 3.08. The molecule has 0 aromatic heterocycles. The van der Waals surface area contributed by atoms with Crippen LogP contribution < -0.4 is 0 Å². The third-order valence-electron chi connectivity index (χ3n) is 1.50. The molecule has 0 aliphatic carbocycles. The number of ether oxygens (including phenoxy) is 1. The maximum Gasteiger partial charge on any atom is 0.148 e. The highest BCUT2D eigenvalue weighted by Gasteiger charge is 2.23. The Morgan fingerprint density at radius 2 is 2.44 bits per heavy atom. The van der Waals surface area contributed by atoms with Gasteiger partial charge in [0.05, 0.1) is 12.7 Å². The number of hydrogen-bond acceptors (Lipinski definition) is 3. The summed E-state index contributed by atoms with van der Waals surface area (Å²) in [6.07, 6.45) is 1.99. The molecule has 0 saturated carbocycles. The zero-order valence-corrected chi connectivity index (χ0v) is 5.12. The predicted octanol–water partition coefficient (Wildman–Crippen LogP) is -0.275. The van der Waals surface area contributed by atoms with Crippen LogP contribution in [0.1, 0.15) is 12.8 Å². The van der Waals surface area contributed by atoms with E-state index in [1.54, 1.807) is 0 Å². The van der Waals surface area contributed by atoms with Crippen molar-refractivity contribution in [2.45, 2.75) is 25.0 Å². The van der Waals surface area contributed by atoms with Gasteiger partial charge in [-0.1, -0.05) is 0 Å². The summed E-state index contributed by atoms with van der Waals surface area (Å²) in [4.78, 5) is 10.1. The van der Waals surface area contributed by atoms with Crippen LogP contribution in [0.25, 0.3) is 0 Å². The Balaban J connectivity index is 2.28. The minimum absolute atomic E-state index is 0.0321. The van der Waals surface area contributed by atoms with Crippen molar-refractivity contribution >= 4 is 6.29 Å². The minimum Gasteiger partial charge on any atom is -0.394 e. The van der Waals surface area contributed by atoms with Crippen LogP contribution in [0, 0.1) is 0 Å². The highest BCUT2D eigenvalue weighted by molar-refractivity contribution is 5.56. The van der Waals surface area contributed by atoms with Crippen LogP contribution in [0.15, 0.2) is 0 Å². The van der Waals surface area contributed by atoms with E-state index in [-0.39, 0.29) is 18.8 Å². The smallest absolute Gasteiger partial charge is 0.148 e. The predicted molar refractivity (Wildman–Crippen MR) is 31.0 cm³/mol. The summed E-state index contributed by atoms with van der Waals surface area (Å²) in [6, 6.07) is 0. The van der Waals surface area contributed by atoms with Gasteiger partial charge in [-0.05, 0) is 12.8 Å². The van der Waals surface area contributed by atoms with Crippen LogP contribution in [0.4, 0.5) is 0 Å². The van der Waals surface area contributed by atoms with Gasteiger partial charge in [-0.3, -0.25) is 0 Å². The van der Waals surface area contributed by atoms with Gasteiger partial charge in [0.15, 0.2) is 0 Å². The second-order valence-corrected chi connectivity index (χ2v) is 2.19. The normalized spacial score (nSPS) is 34.8. The van der Waals surface area contributed by atoms with E-state index in [4.69, 9.17) is 9.84 Å². The molecular formula is C6H10O3. The average Bonchev–Trinajstić information content (AvgIpc) is 2.34. The summed E-state index contributed by atoms with van der Waals surface area (Å²) in [5, 5.41) is 8.54. The lowest BCUT2D eigenvalue weighted by molar-refractivity contribution is -0.118. The summed E-state index contributed by atoms with van der Waals surface area (Å²) in [5.41, 5.74) is 0. The summed E-state index contributed by atoms with van der Waals surface area (Å²) >= 11 is 0. The quantitative estimate of drug-likeness (QED) is 0.523. The Morgan fingerprint density at radius 1 is 1.67 bits per heavy atom. The van der Waals surface area contributed by atoms with Crippen LogP contribution in [-0.2, 0) is 9.53 Å². The summed E-state index contributed by atoms with van der Waals surface area (Å²) in [7, 11) is 0. The van der Waals surface area contributed by atoms with Crippen molar-refractivity contribution in [3.63, 3.8) is 0 Å². The van der Waals surface area contributed by atoms with Crippen molar-refractivity contribution in [1.82, 2.24) is 0 Å². The van der Waals surface area contributed by atoms with Gasteiger partial charge in [-0.2, -0.15) is 0 Å². The molecule has 1 rings (SSSR count). The van der Waals surface area contributed by atoms with Crippen LogP contribution in [0.5, 0.6) is 0 Å². The highest BCUT2D eigenvalue weighted by Crippen LogP contribution is 2.16. The molecule has 1 fully saturated rings. The molecule has 0 radical (unpaired) electrons. The Hall–Kier alpha value is -0.410. The number of rotatable bonds is 2. The van der Waals surface area contributed by atoms with E-state index in [0.717, 1.165) is 19.1 Å². The second-order valence-electron chi connectivity index (χ2n) is 2.19. The van der Waals surface area contributed by atoms with E-state index in [9.17, 15) is 4.79 Å². The lowest BCUT2D eigenvalue weighted by Crippen LogP contribution is -2.14. The molecule has 1 aliphatic heterocycles. The first-order chi connectivity index (χ1) is 4.36. The third kappa shape index (κ3) is 1.50. The van der Waals surface area contributed by atoms with E-state index in [0.29, 0.717) is 0 Å². The van der Waals surface area contributed by atoms with Crippen LogP contribution in [0.3, 0.4) is 0 Å². The Kier molecular flexibility index (Phi) is 2.19. The Morgan fingerprint density at radius 3 is 2.78 bits per heavy atom. The molecule has 9 heavy (non-hydrogen) atoms. The van der Waals surface area contributed by atoms with Gasteiger partial charge in [-0.25, -0.2) is 0 Å². The highest BCUT2D eigenvalue weighted by atomic mass is 16.5. The zero-order chi connectivity index (χ0) is 6.69. The van der Waals surface area contributed by atoms with Crippen molar-refractivity contribution in [3.05, 3.63) is 0 Å². The van der Waals surface area contributed by atoms with Crippen molar-refractivity contribution in [2.75, 3.05) is 6.61 Å². The summed E-state index contributed by atoms with van der Waals surface area (Å²) in [6.45, 7) is 0.0321. The van der Waals surface area contributed by atoms with Gasteiger partial charge >= 0.3 is 0 Å². The van der Waals surface area contributed by atoms with Crippen LogP contribution >= 0.6 is 0 Å². The minimum atomic E-state index is -0.262. The van der Waals surface area contributed by atoms with E-state index in [2.05, 4.69) is 0 Å². The fourth-order valence-electron chi connectivity index (χ4n) is 0.968. The molecule has 0 aromatic rings. The molecule has 1 heterocycles. The lowest BCUT2D eigenvalue weighted by Gasteiger charge is -2.04. The maximum absolute atomic E-state index is 10.1. The molecule has 0 amide bonds. The summed E-state index contributed by atoms with van der Waals surface area (Å²) in [5.74, 6) is 0. The third-order valence-corrected chi connectivity index (χ3v) is 1.50. The molecule has 52 valence electrons. The Bertz CT molecular complexity index is 102. The van der Waals surface area contributed by atoms with Gasteiger partial charge in [-0.15, -0.1) is 0 Å². The molecule has 0 bridgehead atoms. The van der Waals surface area contributed by atoms with Gasteiger partial charge in [0.1, 0.15) is 12.4 Å². The topological polar surface area (TPSA) is 46.5 Å². The molecule has 0 spiro atoms. The van der Waals surface area contributed by atoms with Crippen LogP contribution in [0.2, 0.25) is 0 Å². The SMILES string of the molecule is O=C[C@H]1CCC(CO)O1. The van der Waals surface area contributed by atoms with Crippen molar-refractivity contribution in [3.8, 4) is 0 Å². The molecule has 3 heteroatoms. The molecule has 1 aliphatic rings. The van der Waals surface area contributed by atoms with E-state index in [1.165, 1.54) is 0 Å². The summed E-state index contributed by atoms with van der Waals surface area (Å²) < 4.78 is 5.04. The Labute approximate surface area is 53.6 Å². The molecule has 3 nitrogen and oxygen atoms in total. The number of carbonyl (C=O) groups excluding carboxylic acids is 1. The maximum atomic E-state index is 10.1. The largest absolute Gasteiger partial charge is 0.394 e. The monoisotopic (exact) mass is 130 g/mol. The number of hydrogen-bond donors (Lipinski definition) is 1. The van der Waals surface area contributed by atoms with E-state index < -0.39 is 0 Å². The van der Waals surface area contributed by atoms with Crippen molar-refractivity contribution in [1.29, 1.82) is 0 Å². The van der Waals surface area contributed by atoms with Gasteiger partial charge < -0.3 is 14.6 Å². The molecular weight excluding hydrogens is 120 g/mol. The first kappa shape index (κ1) is 6.71.